The molecule has 1 aromatic rings. The number of azide groups is 1. The van der Waals surface area contributed by atoms with E-state index in [1.165, 1.54) is 5.56 Å². The largest absolute Gasteiger partial charge is 0.338 e. The van der Waals surface area contributed by atoms with Crippen molar-refractivity contribution in [3.8, 4) is 0 Å². The van der Waals surface area contributed by atoms with Gasteiger partial charge in [-0.15, -0.1) is 0 Å². The molecule has 1 saturated heterocycles. The molecule has 1 fully saturated rings. The topological polar surface area (TPSA) is 72.3 Å². The van der Waals surface area contributed by atoms with Crippen LogP contribution in [-0.4, -0.2) is 42.9 Å². The first-order valence-corrected chi connectivity index (χ1v) is 7.09. The minimum atomic E-state index is 0.144. The highest BCUT2D eigenvalue weighted by Crippen LogP contribution is 2.20. The lowest BCUT2D eigenvalue weighted by Gasteiger charge is -2.17. The molecule has 0 N–H and O–H groups in total. The molecule has 21 heavy (non-hydrogen) atoms. The van der Waals surface area contributed by atoms with E-state index in [-0.39, 0.29) is 11.8 Å². The Hall–Kier alpha value is -2.04. The van der Waals surface area contributed by atoms with E-state index in [1.807, 2.05) is 19.0 Å². The molecule has 1 heterocycles. The maximum atomic E-state index is 11.9. The molecule has 6 heteroatoms. The predicted molar refractivity (Wildman–Crippen MR) is 81.4 cm³/mol. The lowest BCUT2D eigenvalue weighted by atomic mass is 10.1. The summed E-state index contributed by atoms with van der Waals surface area (Å²) in [5, 5.41) is 3.57. The average Bonchev–Trinajstić information content (AvgIpc) is 2.78. The van der Waals surface area contributed by atoms with Crippen LogP contribution < -0.4 is 0 Å². The Morgan fingerprint density at radius 3 is 2.62 bits per heavy atom. The molecule has 0 saturated carbocycles. The Kier molecular flexibility index (Phi) is 5.20. The van der Waals surface area contributed by atoms with Crippen LogP contribution in [-0.2, 0) is 17.9 Å². The van der Waals surface area contributed by atoms with Gasteiger partial charge in [0.05, 0.1) is 0 Å². The van der Waals surface area contributed by atoms with Gasteiger partial charge in [-0.05, 0) is 36.7 Å². The van der Waals surface area contributed by atoms with Gasteiger partial charge in [0.15, 0.2) is 0 Å². The van der Waals surface area contributed by atoms with Crippen molar-refractivity contribution in [3.05, 3.63) is 45.8 Å². The molecule has 1 atom stereocenters. The zero-order valence-electron chi connectivity index (χ0n) is 12.6. The van der Waals surface area contributed by atoms with Gasteiger partial charge in [-0.2, -0.15) is 0 Å². The number of hydrogen-bond acceptors (Lipinski definition) is 3. The summed E-state index contributed by atoms with van der Waals surface area (Å²) in [7, 11) is 4.08. The lowest BCUT2D eigenvalue weighted by molar-refractivity contribution is -0.128. The van der Waals surface area contributed by atoms with Crippen LogP contribution in [0.3, 0.4) is 0 Å². The molecular formula is C15H21N5O. The fraction of sp³-hybridized carbons (Fsp3) is 0.533. The highest BCUT2D eigenvalue weighted by atomic mass is 16.2. The van der Waals surface area contributed by atoms with Gasteiger partial charge < -0.3 is 9.80 Å². The number of nitrogens with zero attached hydrogens (tertiary/aromatic N) is 5. The van der Waals surface area contributed by atoms with E-state index in [2.05, 4.69) is 39.2 Å². The second-order valence-electron chi connectivity index (χ2n) is 5.81. The summed E-state index contributed by atoms with van der Waals surface area (Å²) >= 11 is 0. The third-order valence-corrected chi connectivity index (χ3v) is 3.59. The highest BCUT2D eigenvalue weighted by Gasteiger charge is 2.28. The first-order chi connectivity index (χ1) is 10.1. The number of rotatable bonds is 6. The van der Waals surface area contributed by atoms with Crippen LogP contribution in [0.4, 0.5) is 0 Å². The summed E-state index contributed by atoms with van der Waals surface area (Å²) in [4.78, 5) is 18.7. The first kappa shape index (κ1) is 15.4. The van der Waals surface area contributed by atoms with Crippen molar-refractivity contribution in [2.24, 2.45) is 11.0 Å². The van der Waals surface area contributed by atoms with E-state index >= 15 is 0 Å². The van der Waals surface area contributed by atoms with Crippen LogP contribution in [0, 0.1) is 5.92 Å². The Morgan fingerprint density at radius 1 is 1.33 bits per heavy atom. The molecule has 0 aliphatic carbocycles. The van der Waals surface area contributed by atoms with E-state index in [0.29, 0.717) is 26.1 Å². The van der Waals surface area contributed by atoms with Gasteiger partial charge in [-0.1, -0.05) is 29.4 Å². The summed E-state index contributed by atoms with van der Waals surface area (Å²) in [6.45, 7) is 2.63. The summed E-state index contributed by atoms with van der Waals surface area (Å²) < 4.78 is 0. The molecule has 6 nitrogen and oxygen atoms in total. The Morgan fingerprint density at radius 2 is 2.00 bits per heavy atom. The number of carbonyl (C=O) groups excluding carboxylic acids is 1. The zero-order valence-corrected chi connectivity index (χ0v) is 12.6. The minimum absolute atomic E-state index is 0.144. The Bertz CT molecular complexity index is 533. The van der Waals surface area contributed by atoms with Gasteiger partial charge in [0, 0.05) is 37.5 Å². The number of benzene rings is 1. The average molecular weight is 287 g/mol. The third-order valence-electron chi connectivity index (χ3n) is 3.59. The third kappa shape index (κ3) is 4.48. The normalized spacial score (nSPS) is 18.1. The van der Waals surface area contributed by atoms with Crippen molar-refractivity contribution in [2.45, 2.75) is 19.5 Å². The molecule has 1 aliphatic heterocycles. The smallest absolute Gasteiger partial charge is 0.223 e. The van der Waals surface area contributed by atoms with Gasteiger partial charge >= 0.3 is 0 Å². The molecule has 1 amide bonds. The quantitative estimate of drug-likeness (QED) is 0.458. The molecule has 0 bridgehead atoms. The van der Waals surface area contributed by atoms with Gasteiger partial charge in [0.2, 0.25) is 5.91 Å². The minimum Gasteiger partial charge on any atom is -0.338 e. The molecular weight excluding hydrogens is 266 g/mol. The van der Waals surface area contributed by atoms with Crippen LogP contribution in [0.5, 0.6) is 0 Å². The summed E-state index contributed by atoms with van der Waals surface area (Å²) in [6, 6.07) is 8.36. The van der Waals surface area contributed by atoms with E-state index in [0.717, 1.165) is 12.1 Å². The Labute approximate surface area is 125 Å². The second-order valence-corrected chi connectivity index (χ2v) is 5.81. The summed E-state index contributed by atoms with van der Waals surface area (Å²) in [5.74, 6) is 0.298. The van der Waals surface area contributed by atoms with Crippen molar-refractivity contribution >= 4 is 5.91 Å². The van der Waals surface area contributed by atoms with Crippen molar-refractivity contribution in [1.29, 1.82) is 0 Å². The van der Waals surface area contributed by atoms with Crippen LogP contribution in [0.1, 0.15) is 17.5 Å². The van der Waals surface area contributed by atoms with Gasteiger partial charge in [-0.3, -0.25) is 4.79 Å². The van der Waals surface area contributed by atoms with Crippen molar-refractivity contribution in [3.63, 3.8) is 0 Å². The van der Waals surface area contributed by atoms with Crippen molar-refractivity contribution in [1.82, 2.24) is 9.80 Å². The summed E-state index contributed by atoms with van der Waals surface area (Å²) in [5.41, 5.74) is 10.7. The SMILES string of the molecule is CN(C)Cc1ccc(CN2CC(CN=[N+]=[N-])CC2=O)cc1. The maximum absolute atomic E-state index is 11.9. The standard InChI is InChI=1S/C15H21N5O/c1-19(2)9-12-3-5-13(6-4-12)10-20-11-14(7-15(20)21)8-17-18-16/h3-6,14H,7-11H2,1-2H3. The van der Waals surface area contributed by atoms with E-state index in [1.54, 1.807) is 0 Å². The van der Waals surface area contributed by atoms with Crippen LogP contribution >= 0.6 is 0 Å². The summed E-state index contributed by atoms with van der Waals surface area (Å²) in [6.07, 6.45) is 0.484. The molecule has 1 unspecified atom stereocenters. The van der Waals surface area contributed by atoms with E-state index < -0.39 is 0 Å². The number of hydrogen-bond donors (Lipinski definition) is 0. The number of carbonyl (C=O) groups is 1. The predicted octanol–water partition coefficient (Wildman–Crippen LogP) is 2.41. The van der Waals surface area contributed by atoms with Gasteiger partial charge in [0.1, 0.15) is 0 Å². The lowest BCUT2D eigenvalue weighted by Crippen LogP contribution is -2.24. The molecule has 112 valence electrons. The van der Waals surface area contributed by atoms with Crippen LogP contribution in [0.25, 0.3) is 10.4 Å². The molecule has 2 rings (SSSR count). The molecule has 1 aliphatic rings. The number of amides is 1. The van der Waals surface area contributed by atoms with Crippen LogP contribution in [0.15, 0.2) is 29.4 Å². The number of likely N-dealkylation sites (tertiary alicyclic amines) is 1. The van der Waals surface area contributed by atoms with E-state index in [4.69, 9.17) is 5.53 Å². The molecule has 1 aromatic carbocycles. The monoisotopic (exact) mass is 287 g/mol. The Balaban J connectivity index is 1.92. The van der Waals surface area contributed by atoms with Gasteiger partial charge in [-0.25, -0.2) is 0 Å². The van der Waals surface area contributed by atoms with Gasteiger partial charge in [0.25, 0.3) is 0 Å². The van der Waals surface area contributed by atoms with E-state index in [9.17, 15) is 4.79 Å². The second kappa shape index (κ2) is 7.11. The maximum Gasteiger partial charge on any atom is 0.223 e. The molecule has 0 radical (unpaired) electrons. The zero-order chi connectivity index (χ0) is 15.2. The van der Waals surface area contributed by atoms with Crippen LogP contribution in [0.2, 0.25) is 0 Å². The fourth-order valence-electron chi connectivity index (χ4n) is 2.62. The first-order valence-electron chi connectivity index (χ1n) is 7.09. The molecule has 0 spiro atoms. The van der Waals surface area contributed by atoms with Crippen molar-refractivity contribution < 1.29 is 4.79 Å². The van der Waals surface area contributed by atoms with Crippen molar-refractivity contribution in [2.75, 3.05) is 27.2 Å². The fourth-order valence-corrected chi connectivity index (χ4v) is 2.62. The highest BCUT2D eigenvalue weighted by molar-refractivity contribution is 5.78. The molecule has 0 aromatic heterocycles.